The molecule has 1 amide bonds. The summed E-state index contributed by atoms with van der Waals surface area (Å²) >= 11 is 0. The largest absolute Gasteiger partial charge is 0.448 e. The Morgan fingerprint density at radius 2 is 1.58 bits per heavy atom. The zero-order valence-electron chi connectivity index (χ0n) is 36.5. The Morgan fingerprint density at radius 1 is 0.883 bits per heavy atom. The minimum Gasteiger partial charge on any atom is -0.448 e. The Hall–Kier alpha value is -2.98. The summed E-state index contributed by atoms with van der Waals surface area (Å²) in [6.07, 6.45) is 9.56. The van der Waals surface area contributed by atoms with Gasteiger partial charge in [0.2, 0.25) is 0 Å². The van der Waals surface area contributed by atoms with Crippen LogP contribution in [0.4, 0.5) is 13.2 Å². The highest BCUT2D eigenvalue weighted by molar-refractivity contribution is 6.10. The van der Waals surface area contributed by atoms with E-state index in [1.165, 1.54) is 12.1 Å². The van der Waals surface area contributed by atoms with E-state index in [1.807, 2.05) is 31.7 Å². The molecule has 60 heavy (non-hydrogen) atoms. The fraction of sp³-hybridized carbons (Fsp3) is 0.740. The first kappa shape index (κ1) is 41.1. The number of fused-ring (bicyclic) bond motifs is 5. The van der Waals surface area contributed by atoms with Gasteiger partial charge >= 0.3 is 12.1 Å². The number of benzene rings is 1. The Kier molecular flexibility index (Phi) is 8.33. The van der Waals surface area contributed by atoms with Crippen LogP contribution in [-0.4, -0.2) is 63.2 Å². The lowest BCUT2D eigenvalue weighted by atomic mass is 9.32. The minimum absolute atomic E-state index is 0.0119. The molecule has 7 nitrogen and oxygen atoms in total. The van der Waals surface area contributed by atoms with Crippen molar-refractivity contribution in [1.29, 1.82) is 0 Å². The van der Waals surface area contributed by atoms with Crippen LogP contribution in [0.15, 0.2) is 48.1 Å². The SMILES string of the molecule is CC1(C)[C@H]2CC[C@@H](CN(C[C@]3(O)CC[C@H]4[C@]56C=C[C@@]7(C=C5C(=O)c5cccc(C(F)(F)F)c5)CC(O)CC[C@]7(C)[C@H]6CC[C@@]43C)C(=O)[C@@]34CC[C@@](C)(C(=O)O3)C4(C)C)[C@@H]1C2. The number of nitrogens with zero attached hydrogens (tertiary/aromatic N) is 1. The fourth-order valence-corrected chi connectivity index (χ4v) is 16.6. The van der Waals surface area contributed by atoms with Crippen LogP contribution in [0.3, 0.4) is 0 Å². The molecule has 0 aromatic heterocycles. The van der Waals surface area contributed by atoms with Crippen molar-refractivity contribution >= 4 is 17.7 Å². The molecular formula is C50H64F3NO6. The lowest BCUT2D eigenvalue weighted by molar-refractivity contribution is -0.190. The van der Waals surface area contributed by atoms with Crippen molar-refractivity contribution in [2.45, 2.75) is 149 Å². The van der Waals surface area contributed by atoms with Crippen LogP contribution in [0.25, 0.3) is 0 Å². The maximum atomic E-state index is 15.5. The summed E-state index contributed by atoms with van der Waals surface area (Å²) in [5.41, 5.74) is -7.07. The third-order valence-corrected chi connectivity index (χ3v) is 21.0. The number of carbonyl (C=O) groups is 3. The van der Waals surface area contributed by atoms with Crippen LogP contribution < -0.4 is 0 Å². The molecule has 1 saturated heterocycles. The van der Waals surface area contributed by atoms with Crippen molar-refractivity contribution in [2.75, 3.05) is 13.1 Å². The minimum atomic E-state index is -4.62. The highest BCUT2D eigenvalue weighted by Crippen LogP contribution is 2.79. The van der Waals surface area contributed by atoms with Crippen LogP contribution in [0, 0.1) is 67.5 Å². The Labute approximate surface area is 353 Å². The Bertz CT molecular complexity index is 2140. The maximum Gasteiger partial charge on any atom is 0.416 e. The molecule has 1 aliphatic heterocycles. The van der Waals surface area contributed by atoms with Crippen molar-refractivity contribution < 1.29 is 42.5 Å². The summed E-state index contributed by atoms with van der Waals surface area (Å²) in [7, 11) is 0. The van der Waals surface area contributed by atoms with E-state index in [-0.39, 0.29) is 52.6 Å². The van der Waals surface area contributed by atoms with Crippen molar-refractivity contribution in [2.24, 2.45) is 67.5 Å². The van der Waals surface area contributed by atoms with Crippen molar-refractivity contribution in [3.63, 3.8) is 0 Å². The van der Waals surface area contributed by atoms with Gasteiger partial charge in [-0.15, -0.1) is 0 Å². The second kappa shape index (κ2) is 12.2. The predicted octanol–water partition coefficient (Wildman–Crippen LogP) is 9.50. The molecule has 7 saturated carbocycles. The lowest BCUT2D eigenvalue weighted by Gasteiger charge is -2.71. The van der Waals surface area contributed by atoms with E-state index in [0.29, 0.717) is 75.3 Å². The first-order valence-electron chi connectivity index (χ1n) is 22.9. The standard InChI is InChI=1S/C50H64F3NO6/c1-41(2)31-12-11-30(34(41)24-31)27-54(39(57)49-22-19-45(7,40(58)60-49)42(49,3)4)28-47(59)18-15-37-44(47,6)17-14-36-43(5)16-13-33(55)25-46(43)20-21-48(36,37)35(26-46)38(56)29-9-8-10-32(23-29)50(51,52)53/h8-10,20-21,23,26,30-31,33-34,36-37,55,59H,11-19,22,24-25,27-28H2,1-7H3/t30-,31-,33?,34-,36+,37+,43+,44-,45-,46-,47+,48+,49+/m0/s1. The summed E-state index contributed by atoms with van der Waals surface area (Å²) in [5.74, 6) is 0.112. The molecule has 2 N–H and O–H groups in total. The van der Waals surface area contributed by atoms with Gasteiger partial charge < -0.3 is 19.8 Å². The molecule has 13 atom stereocenters. The first-order chi connectivity index (χ1) is 27.9. The van der Waals surface area contributed by atoms with Crippen molar-refractivity contribution in [3.05, 3.63) is 59.2 Å². The van der Waals surface area contributed by atoms with Gasteiger partial charge in [-0.25, -0.2) is 0 Å². The second-order valence-electron chi connectivity index (χ2n) is 23.3. The normalized spacial score (nSPS) is 47.4. The number of alkyl halides is 3. The van der Waals surface area contributed by atoms with E-state index in [4.69, 9.17) is 4.74 Å². The van der Waals surface area contributed by atoms with Crippen LogP contribution in [0.2, 0.25) is 0 Å². The third kappa shape index (κ3) is 4.74. The number of allylic oxidation sites excluding steroid dienone is 4. The zero-order valence-corrected chi connectivity index (χ0v) is 36.5. The third-order valence-electron chi connectivity index (χ3n) is 21.0. The Morgan fingerprint density at radius 3 is 2.23 bits per heavy atom. The molecule has 10 heteroatoms. The number of ether oxygens (including phenoxy) is 1. The zero-order chi connectivity index (χ0) is 43.1. The number of rotatable bonds is 7. The molecule has 326 valence electrons. The van der Waals surface area contributed by atoms with Gasteiger partial charge in [-0.1, -0.05) is 71.9 Å². The molecule has 1 unspecified atom stereocenters. The molecule has 12 rings (SSSR count). The van der Waals surface area contributed by atoms with E-state index in [1.54, 1.807) is 0 Å². The number of ketones is 1. The number of aliphatic hydroxyl groups is 2. The molecule has 8 fully saturated rings. The monoisotopic (exact) mass is 831 g/mol. The van der Waals surface area contributed by atoms with Gasteiger partial charge in [-0.3, -0.25) is 14.4 Å². The molecule has 1 aromatic carbocycles. The van der Waals surface area contributed by atoms with Gasteiger partial charge in [-0.2, -0.15) is 13.2 Å². The molecular weight excluding hydrogens is 768 g/mol. The summed E-state index contributed by atoms with van der Waals surface area (Å²) < 4.78 is 48.5. The van der Waals surface area contributed by atoms with Crippen molar-refractivity contribution in [1.82, 2.24) is 4.90 Å². The molecule has 2 spiro atoms. The van der Waals surface area contributed by atoms with E-state index in [9.17, 15) is 28.2 Å². The highest BCUT2D eigenvalue weighted by atomic mass is 19.4. The molecule has 0 radical (unpaired) electrons. The lowest BCUT2D eigenvalue weighted by Crippen LogP contribution is -2.68. The molecule has 11 aliphatic rings. The van der Waals surface area contributed by atoms with Gasteiger partial charge in [0.15, 0.2) is 11.4 Å². The molecule has 10 aliphatic carbocycles. The first-order valence-corrected chi connectivity index (χ1v) is 22.9. The summed E-state index contributed by atoms with van der Waals surface area (Å²) in [6.45, 7) is 15.6. The van der Waals surface area contributed by atoms with E-state index in [0.717, 1.165) is 37.8 Å². The average molecular weight is 832 g/mol. The van der Waals surface area contributed by atoms with Crippen LogP contribution >= 0.6 is 0 Å². The maximum absolute atomic E-state index is 15.5. The molecule has 1 aromatic rings. The number of carbonyl (C=O) groups excluding carboxylic acids is 3. The Balaban J connectivity index is 1.06. The predicted molar refractivity (Wildman–Crippen MR) is 219 cm³/mol. The van der Waals surface area contributed by atoms with Crippen molar-refractivity contribution in [3.8, 4) is 0 Å². The fourth-order valence-electron chi connectivity index (χ4n) is 16.6. The van der Waals surface area contributed by atoms with Crippen LogP contribution in [-0.2, 0) is 20.5 Å². The highest BCUT2D eigenvalue weighted by Gasteiger charge is 2.78. The van der Waals surface area contributed by atoms with Gasteiger partial charge in [0, 0.05) is 39.3 Å². The summed E-state index contributed by atoms with van der Waals surface area (Å²) in [4.78, 5) is 46.0. The van der Waals surface area contributed by atoms with E-state index < -0.39 is 61.9 Å². The quantitative estimate of drug-likeness (QED) is 0.161. The number of amides is 1. The van der Waals surface area contributed by atoms with Gasteiger partial charge in [0.25, 0.3) is 5.91 Å². The average Bonchev–Trinajstić information content (AvgIpc) is 3.64. The second-order valence-corrected chi connectivity index (χ2v) is 23.3. The van der Waals surface area contributed by atoms with Gasteiger partial charge in [-0.05, 0) is 137 Å². The van der Waals surface area contributed by atoms with Crippen LogP contribution in [0.1, 0.15) is 141 Å². The van der Waals surface area contributed by atoms with Crippen LogP contribution in [0.5, 0.6) is 0 Å². The summed E-state index contributed by atoms with van der Waals surface area (Å²) in [6, 6.07) is 4.73. The number of Topliss-reactive ketones (excluding diaryl/α,β-unsaturated/α-hetero) is 1. The van der Waals surface area contributed by atoms with E-state index >= 15 is 9.59 Å². The van der Waals surface area contributed by atoms with Gasteiger partial charge in [0.1, 0.15) is 0 Å². The number of esters is 1. The van der Waals surface area contributed by atoms with Gasteiger partial charge in [0.05, 0.1) is 29.2 Å². The number of hydrogen-bond donors (Lipinski definition) is 2. The topological polar surface area (TPSA) is 104 Å². The smallest absolute Gasteiger partial charge is 0.416 e. The number of halogens is 3. The molecule has 1 heterocycles. The summed E-state index contributed by atoms with van der Waals surface area (Å²) in [5, 5.41) is 24.6. The molecule has 6 bridgehead atoms. The number of aliphatic hydroxyl groups excluding tert-OH is 1. The van der Waals surface area contributed by atoms with E-state index in [2.05, 4.69) is 39.8 Å². The number of hydrogen-bond acceptors (Lipinski definition) is 6.